The van der Waals surface area contributed by atoms with Gasteiger partial charge in [0, 0.05) is 20.0 Å². The van der Waals surface area contributed by atoms with Gasteiger partial charge < -0.3 is 4.52 Å². The first kappa shape index (κ1) is 6.80. The van der Waals surface area contributed by atoms with Crippen molar-refractivity contribution in [2.45, 2.75) is 6.92 Å². The standard InChI is InChI=1S/C6H8N2O2/c1-5(9)8(2)6-3-4-7-10-6/h3-4H,1-2H3. The fourth-order valence-corrected chi connectivity index (χ4v) is 0.537. The maximum absolute atomic E-state index is 10.7. The van der Waals surface area contributed by atoms with Crippen LogP contribution in [-0.4, -0.2) is 18.1 Å². The molecule has 54 valence electrons. The van der Waals surface area contributed by atoms with Crippen molar-refractivity contribution in [3.8, 4) is 0 Å². The Balaban J connectivity index is 2.77. The van der Waals surface area contributed by atoms with Crippen LogP contribution >= 0.6 is 0 Å². The van der Waals surface area contributed by atoms with Gasteiger partial charge in [-0.3, -0.25) is 9.69 Å². The second-order valence-electron chi connectivity index (χ2n) is 1.93. The van der Waals surface area contributed by atoms with Crippen LogP contribution < -0.4 is 4.90 Å². The third-order valence-corrected chi connectivity index (χ3v) is 1.23. The molecule has 1 aromatic rings. The number of carbonyl (C=O) groups is 1. The predicted molar refractivity (Wildman–Crippen MR) is 35.6 cm³/mol. The van der Waals surface area contributed by atoms with Crippen LogP contribution in [0.15, 0.2) is 16.8 Å². The zero-order valence-electron chi connectivity index (χ0n) is 5.87. The van der Waals surface area contributed by atoms with Crippen molar-refractivity contribution in [1.29, 1.82) is 0 Å². The van der Waals surface area contributed by atoms with Gasteiger partial charge in [-0.15, -0.1) is 0 Å². The third kappa shape index (κ3) is 1.15. The molecule has 0 N–H and O–H groups in total. The van der Waals surface area contributed by atoms with Crippen molar-refractivity contribution in [1.82, 2.24) is 5.16 Å². The maximum atomic E-state index is 10.7. The van der Waals surface area contributed by atoms with Crippen LogP contribution in [0.4, 0.5) is 5.88 Å². The van der Waals surface area contributed by atoms with Crippen molar-refractivity contribution in [3.05, 3.63) is 12.3 Å². The number of carbonyl (C=O) groups excluding carboxylic acids is 1. The van der Waals surface area contributed by atoms with Crippen LogP contribution in [0, 0.1) is 0 Å². The van der Waals surface area contributed by atoms with Crippen LogP contribution in [0.2, 0.25) is 0 Å². The Hall–Kier alpha value is -1.32. The number of nitrogens with zero attached hydrogens (tertiary/aromatic N) is 2. The fraction of sp³-hybridized carbons (Fsp3) is 0.333. The lowest BCUT2D eigenvalue weighted by molar-refractivity contribution is -0.116. The second-order valence-corrected chi connectivity index (χ2v) is 1.93. The van der Waals surface area contributed by atoms with Crippen molar-refractivity contribution < 1.29 is 9.32 Å². The zero-order valence-corrected chi connectivity index (χ0v) is 5.87. The Kier molecular flexibility index (Phi) is 1.71. The molecule has 0 aromatic carbocycles. The van der Waals surface area contributed by atoms with Crippen LogP contribution in [0.3, 0.4) is 0 Å². The van der Waals surface area contributed by atoms with Crippen molar-refractivity contribution in [3.63, 3.8) is 0 Å². The van der Waals surface area contributed by atoms with E-state index in [4.69, 9.17) is 4.52 Å². The Morgan fingerprint density at radius 1 is 1.80 bits per heavy atom. The molecule has 4 nitrogen and oxygen atoms in total. The summed E-state index contributed by atoms with van der Waals surface area (Å²) in [6.45, 7) is 1.46. The van der Waals surface area contributed by atoms with E-state index in [-0.39, 0.29) is 5.91 Å². The molecule has 0 saturated heterocycles. The minimum Gasteiger partial charge on any atom is -0.338 e. The van der Waals surface area contributed by atoms with E-state index in [1.807, 2.05) is 0 Å². The normalized spacial score (nSPS) is 9.40. The Morgan fingerprint density at radius 2 is 2.50 bits per heavy atom. The number of hydrogen-bond acceptors (Lipinski definition) is 3. The average Bonchev–Trinajstić information content (AvgIpc) is 2.36. The highest BCUT2D eigenvalue weighted by molar-refractivity contribution is 5.89. The lowest BCUT2D eigenvalue weighted by atomic mass is 10.5. The minimum absolute atomic E-state index is 0.0725. The molecule has 0 aliphatic carbocycles. The first-order valence-corrected chi connectivity index (χ1v) is 2.87. The Labute approximate surface area is 58.4 Å². The van der Waals surface area contributed by atoms with Gasteiger partial charge in [-0.05, 0) is 0 Å². The highest BCUT2D eigenvalue weighted by Crippen LogP contribution is 2.09. The Bertz CT molecular complexity index is 218. The molecule has 0 radical (unpaired) electrons. The van der Waals surface area contributed by atoms with E-state index in [0.29, 0.717) is 5.88 Å². The number of aromatic nitrogens is 1. The first-order valence-electron chi connectivity index (χ1n) is 2.87. The summed E-state index contributed by atoms with van der Waals surface area (Å²) in [6, 6.07) is 1.63. The van der Waals surface area contributed by atoms with E-state index < -0.39 is 0 Å². The summed E-state index contributed by atoms with van der Waals surface area (Å²) in [6.07, 6.45) is 1.49. The molecule has 0 aliphatic rings. The highest BCUT2D eigenvalue weighted by Gasteiger charge is 2.07. The average molecular weight is 140 g/mol. The summed E-state index contributed by atoms with van der Waals surface area (Å²) in [5, 5.41) is 3.46. The highest BCUT2D eigenvalue weighted by atomic mass is 16.5. The van der Waals surface area contributed by atoms with E-state index >= 15 is 0 Å². The third-order valence-electron chi connectivity index (χ3n) is 1.23. The fourth-order valence-electron chi connectivity index (χ4n) is 0.537. The quantitative estimate of drug-likeness (QED) is 0.575. The van der Waals surface area contributed by atoms with Gasteiger partial charge in [-0.25, -0.2) is 0 Å². The van der Waals surface area contributed by atoms with Crippen LogP contribution in [-0.2, 0) is 4.79 Å². The van der Waals surface area contributed by atoms with Gasteiger partial charge in [0.25, 0.3) is 0 Å². The molecule has 0 bridgehead atoms. The predicted octanol–water partition coefficient (Wildman–Crippen LogP) is 0.657. The SMILES string of the molecule is CC(=O)N(C)c1ccno1. The summed E-state index contributed by atoms with van der Waals surface area (Å²) in [5.74, 6) is 0.393. The minimum atomic E-state index is -0.0725. The molecule has 0 saturated carbocycles. The molecule has 0 unspecified atom stereocenters. The molecule has 1 aromatic heterocycles. The lowest BCUT2D eigenvalue weighted by Gasteiger charge is -2.07. The van der Waals surface area contributed by atoms with Crippen molar-refractivity contribution in [2.24, 2.45) is 0 Å². The molecule has 0 spiro atoms. The van der Waals surface area contributed by atoms with Gasteiger partial charge in [0.1, 0.15) is 0 Å². The summed E-state index contributed by atoms with van der Waals surface area (Å²) in [7, 11) is 1.63. The van der Waals surface area contributed by atoms with Crippen molar-refractivity contribution >= 4 is 11.8 Å². The van der Waals surface area contributed by atoms with Gasteiger partial charge in [0.15, 0.2) is 0 Å². The van der Waals surface area contributed by atoms with Gasteiger partial charge >= 0.3 is 0 Å². The molecular formula is C6H8N2O2. The summed E-state index contributed by atoms with van der Waals surface area (Å²) >= 11 is 0. The molecule has 4 heteroatoms. The van der Waals surface area contributed by atoms with Crippen LogP contribution in [0.1, 0.15) is 6.92 Å². The molecule has 10 heavy (non-hydrogen) atoms. The Morgan fingerprint density at radius 3 is 2.90 bits per heavy atom. The molecule has 0 aliphatic heterocycles. The van der Waals surface area contributed by atoms with E-state index in [1.165, 1.54) is 18.0 Å². The maximum Gasteiger partial charge on any atom is 0.233 e. The second kappa shape index (κ2) is 2.51. The summed E-state index contributed by atoms with van der Waals surface area (Å²) in [4.78, 5) is 12.1. The topological polar surface area (TPSA) is 46.3 Å². The number of rotatable bonds is 1. The first-order chi connectivity index (χ1) is 4.72. The van der Waals surface area contributed by atoms with Gasteiger partial charge in [-0.2, -0.15) is 0 Å². The zero-order chi connectivity index (χ0) is 7.56. The van der Waals surface area contributed by atoms with E-state index in [9.17, 15) is 4.79 Å². The molecule has 1 heterocycles. The van der Waals surface area contributed by atoms with Gasteiger partial charge in [0.2, 0.25) is 11.8 Å². The molecule has 1 amide bonds. The van der Waals surface area contributed by atoms with Crippen molar-refractivity contribution in [2.75, 3.05) is 11.9 Å². The van der Waals surface area contributed by atoms with Crippen LogP contribution in [0.25, 0.3) is 0 Å². The van der Waals surface area contributed by atoms with E-state index in [0.717, 1.165) is 0 Å². The summed E-state index contributed by atoms with van der Waals surface area (Å²) in [5.41, 5.74) is 0. The number of anilines is 1. The van der Waals surface area contributed by atoms with Gasteiger partial charge in [0.05, 0.1) is 6.20 Å². The smallest absolute Gasteiger partial charge is 0.233 e. The largest absolute Gasteiger partial charge is 0.338 e. The molecule has 0 atom stereocenters. The molecule has 1 rings (SSSR count). The monoisotopic (exact) mass is 140 g/mol. The van der Waals surface area contributed by atoms with Crippen LogP contribution in [0.5, 0.6) is 0 Å². The molecule has 0 fully saturated rings. The van der Waals surface area contributed by atoms with Gasteiger partial charge in [-0.1, -0.05) is 5.16 Å². The lowest BCUT2D eigenvalue weighted by Crippen LogP contribution is -2.21. The van der Waals surface area contributed by atoms with E-state index in [1.54, 1.807) is 13.1 Å². The number of amides is 1. The molecular weight excluding hydrogens is 132 g/mol. The summed E-state index contributed by atoms with van der Waals surface area (Å²) < 4.78 is 4.71. The van der Waals surface area contributed by atoms with E-state index in [2.05, 4.69) is 5.16 Å². The number of hydrogen-bond donors (Lipinski definition) is 0.